The zero-order valence-electron chi connectivity index (χ0n) is 17.6. The van der Waals surface area contributed by atoms with E-state index in [9.17, 15) is 4.79 Å². The van der Waals surface area contributed by atoms with Crippen LogP contribution in [0.4, 0.5) is 17.1 Å². The predicted molar refractivity (Wildman–Crippen MR) is 129 cm³/mol. The van der Waals surface area contributed by atoms with Crippen LogP contribution in [0.2, 0.25) is 0 Å². The van der Waals surface area contributed by atoms with Gasteiger partial charge in [0.05, 0.1) is 24.5 Å². The minimum atomic E-state index is -0.0353. The van der Waals surface area contributed by atoms with Gasteiger partial charge in [0.1, 0.15) is 12.8 Å². The molecule has 3 aromatic rings. The Hall–Kier alpha value is -4.21. The molecule has 1 fully saturated rings. The van der Waals surface area contributed by atoms with Crippen LogP contribution in [-0.2, 0) is 9.53 Å². The topological polar surface area (TPSA) is 91.5 Å². The number of hydrogen-bond donors (Lipinski definition) is 1. The van der Waals surface area contributed by atoms with Crippen molar-refractivity contribution in [1.29, 1.82) is 0 Å². The van der Waals surface area contributed by atoms with Crippen molar-refractivity contribution in [3.63, 3.8) is 0 Å². The zero-order chi connectivity index (χ0) is 22.3. The van der Waals surface area contributed by atoms with Gasteiger partial charge in [-0.2, -0.15) is 4.99 Å². The third-order valence-corrected chi connectivity index (χ3v) is 5.77. The molecule has 4 heterocycles. The van der Waals surface area contributed by atoms with Crippen LogP contribution < -0.4 is 14.8 Å². The fourth-order valence-corrected chi connectivity index (χ4v) is 4.10. The SMILES string of the molecule is O=C1COCCN1c1ccc(NC2=N[N+]3(c4cnc5ccccc5c4)C=CN=CC3=N2)cc1. The van der Waals surface area contributed by atoms with Crippen molar-refractivity contribution >= 4 is 51.9 Å². The van der Waals surface area contributed by atoms with Gasteiger partial charge in [-0.05, 0) is 35.4 Å². The third-order valence-electron chi connectivity index (χ3n) is 5.77. The number of amides is 1. The van der Waals surface area contributed by atoms with Crippen LogP contribution in [0.3, 0.4) is 0 Å². The van der Waals surface area contributed by atoms with E-state index < -0.39 is 0 Å². The number of pyridine rings is 1. The lowest BCUT2D eigenvalue weighted by molar-refractivity contribution is -0.125. The van der Waals surface area contributed by atoms with Crippen LogP contribution in [0.1, 0.15) is 0 Å². The van der Waals surface area contributed by atoms with Crippen LogP contribution in [0, 0.1) is 0 Å². The molecule has 33 heavy (non-hydrogen) atoms. The number of nitrogens with one attached hydrogen (secondary N) is 1. The number of aromatic nitrogens is 1. The largest absolute Gasteiger partial charge is 0.370 e. The Labute approximate surface area is 189 Å². The maximum atomic E-state index is 12.1. The molecule has 0 bridgehead atoms. The molecule has 1 amide bonds. The highest BCUT2D eigenvalue weighted by molar-refractivity contribution is 6.38. The second-order valence-corrected chi connectivity index (χ2v) is 7.81. The van der Waals surface area contributed by atoms with Gasteiger partial charge >= 0.3 is 0 Å². The average molecular weight is 438 g/mol. The molecule has 1 unspecified atom stereocenters. The summed E-state index contributed by atoms with van der Waals surface area (Å²) in [5.41, 5.74) is 3.45. The summed E-state index contributed by atoms with van der Waals surface area (Å²) in [6.07, 6.45) is 7.13. The maximum absolute atomic E-state index is 12.1. The number of amidine groups is 1. The summed E-state index contributed by atoms with van der Waals surface area (Å²) in [6, 6.07) is 17.7. The summed E-state index contributed by atoms with van der Waals surface area (Å²) in [4.78, 5) is 27.3. The second kappa shape index (κ2) is 7.73. The third kappa shape index (κ3) is 3.39. The molecule has 162 valence electrons. The van der Waals surface area contributed by atoms with Crippen molar-refractivity contribution < 1.29 is 9.53 Å². The van der Waals surface area contributed by atoms with E-state index >= 15 is 0 Å². The minimum absolute atomic E-state index is 0.0353. The molecule has 2 aromatic carbocycles. The quantitative estimate of drug-likeness (QED) is 0.636. The first kappa shape index (κ1) is 19.5. The molecule has 1 saturated heterocycles. The first-order valence-electron chi connectivity index (χ1n) is 10.6. The molecule has 1 N–H and O–H groups in total. The monoisotopic (exact) mass is 438 g/mol. The molecule has 0 radical (unpaired) electrons. The number of aliphatic imine (C=N–C) groups is 2. The molecule has 0 spiro atoms. The van der Waals surface area contributed by atoms with Gasteiger partial charge in [-0.25, -0.2) is 4.98 Å². The van der Waals surface area contributed by atoms with Gasteiger partial charge in [0, 0.05) is 29.4 Å². The number of nitrogens with zero attached hydrogens (tertiary/aromatic N) is 6. The van der Waals surface area contributed by atoms with Gasteiger partial charge in [0.15, 0.2) is 11.9 Å². The van der Waals surface area contributed by atoms with E-state index in [1.54, 1.807) is 17.3 Å². The van der Waals surface area contributed by atoms with Crippen LogP contribution >= 0.6 is 0 Å². The van der Waals surface area contributed by atoms with E-state index in [-0.39, 0.29) is 17.1 Å². The average Bonchev–Trinajstić information content (AvgIpc) is 3.24. The lowest BCUT2D eigenvalue weighted by atomic mass is 10.2. The highest BCUT2D eigenvalue weighted by atomic mass is 16.5. The van der Waals surface area contributed by atoms with E-state index in [4.69, 9.17) is 9.84 Å². The lowest BCUT2D eigenvalue weighted by Crippen LogP contribution is -2.44. The molecular weight excluding hydrogens is 418 g/mol. The van der Waals surface area contributed by atoms with E-state index in [2.05, 4.69) is 26.4 Å². The van der Waals surface area contributed by atoms with Crippen LogP contribution in [0.15, 0.2) is 88.3 Å². The Morgan fingerprint density at radius 2 is 1.97 bits per heavy atom. The van der Waals surface area contributed by atoms with Gasteiger partial charge in [-0.1, -0.05) is 22.8 Å². The lowest BCUT2D eigenvalue weighted by Gasteiger charge is -2.26. The molecule has 9 heteroatoms. The van der Waals surface area contributed by atoms with Crippen molar-refractivity contribution in [2.45, 2.75) is 0 Å². The summed E-state index contributed by atoms with van der Waals surface area (Å²) in [6.45, 7) is 1.21. The Morgan fingerprint density at radius 1 is 1.09 bits per heavy atom. The number of anilines is 2. The highest BCUT2D eigenvalue weighted by Crippen LogP contribution is 2.32. The van der Waals surface area contributed by atoms with E-state index in [0.29, 0.717) is 24.9 Å². The van der Waals surface area contributed by atoms with Crippen molar-refractivity contribution in [2.24, 2.45) is 15.1 Å². The number of para-hydroxylation sites is 1. The Balaban J connectivity index is 1.30. The molecule has 1 aromatic heterocycles. The number of guanidine groups is 1. The molecule has 0 aliphatic carbocycles. The van der Waals surface area contributed by atoms with Crippen molar-refractivity contribution in [2.75, 3.05) is 30.0 Å². The normalized spacial score (nSPS) is 21.7. The molecule has 9 nitrogen and oxygen atoms in total. The number of benzene rings is 2. The smallest absolute Gasteiger partial charge is 0.287 e. The number of rotatable bonds is 3. The van der Waals surface area contributed by atoms with Gasteiger partial charge in [-0.3, -0.25) is 9.79 Å². The number of fused-ring (bicyclic) bond motifs is 2. The van der Waals surface area contributed by atoms with E-state index in [1.807, 2.05) is 60.9 Å². The first-order valence-corrected chi connectivity index (χ1v) is 10.6. The fraction of sp³-hybridized carbons (Fsp3) is 0.125. The minimum Gasteiger partial charge on any atom is -0.370 e. The highest BCUT2D eigenvalue weighted by Gasteiger charge is 2.43. The molecule has 3 aliphatic rings. The van der Waals surface area contributed by atoms with Gasteiger partial charge < -0.3 is 15.0 Å². The van der Waals surface area contributed by atoms with Crippen LogP contribution in [-0.4, -0.2) is 48.7 Å². The number of ether oxygens (including phenoxy) is 1. The summed E-state index contributed by atoms with van der Waals surface area (Å²) in [5.74, 6) is 1.10. The number of morpholine rings is 1. The molecule has 1 atom stereocenters. The summed E-state index contributed by atoms with van der Waals surface area (Å²) < 4.78 is 5.27. The summed E-state index contributed by atoms with van der Waals surface area (Å²) in [5, 5.41) is 9.18. The maximum Gasteiger partial charge on any atom is 0.287 e. The number of carbonyl (C=O) groups is 1. The summed E-state index contributed by atoms with van der Waals surface area (Å²) >= 11 is 0. The van der Waals surface area contributed by atoms with Gasteiger partial charge in [0.2, 0.25) is 0 Å². The molecule has 0 saturated carbocycles. The Bertz CT molecular complexity index is 1380. The second-order valence-electron chi connectivity index (χ2n) is 7.81. The Morgan fingerprint density at radius 3 is 2.85 bits per heavy atom. The predicted octanol–water partition coefficient (Wildman–Crippen LogP) is 3.26. The molecule has 6 rings (SSSR count). The number of quaternary nitrogens is 1. The van der Waals surface area contributed by atoms with Crippen molar-refractivity contribution in [3.05, 3.63) is 73.2 Å². The van der Waals surface area contributed by atoms with Gasteiger partial charge in [-0.15, -0.1) is 0 Å². The number of carbonyl (C=O) groups excluding carboxylic acids is 1. The first-order chi connectivity index (χ1) is 16.2. The van der Waals surface area contributed by atoms with Crippen molar-refractivity contribution in [3.8, 4) is 0 Å². The van der Waals surface area contributed by atoms with E-state index in [1.165, 1.54) is 0 Å². The van der Waals surface area contributed by atoms with Crippen LogP contribution in [0.25, 0.3) is 10.9 Å². The van der Waals surface area contributed by atoms with Gasteiger partial charge in [0.25, 0.3) is 17.7 Å². The fourth-order valence-electron chi connectivity index (χ4n) is 4.10. The van der Waals surface area contributed by atoms with E-state index in [0.717, 1.165) is 28.0 Å². The standard InChI is InChI=1S/C24H20N7O2/c32-23-16-33-12-10-30(23)19-7-5-18(6-8-19)27-24-28-22-15-25-9-11-31(22,29-24)20-13-17-3-1-2-4-21(17)26-14-20/h1-9,11,13-15H,10,12,16H2,(H,27,29)/q+1. The van der Waals surface area contributed by atoms with Crippen molar-refractivity contribution in [1.82, 2.24) is 9.58 Å². The van der Waals surface area contributed by atoms with Crippen LogP contribution in [0.5, 0.6) is 0 Å². The molecule has 3 aliphatic heterocycles. The zero-order valence-corrected chi connectivity index (χ0v) is 17.6. The molecular formula is C24H20N7O2+. The number of hydrogen-bond acceptors (Lipinski definition) is 7. The summed E-state index contributed by atoms with van der Waals surface area (Å²) in [7, 11) is 0. The Kier molecular flexibility index (Phi) is 4.56.